The van der Waals surface area contributed by atoms with Gasteiger partial charge in [0.25, 0.3) is 0 Å². The molecule has 2 rings (SSSR count). The van der Waals surface area contributed by atoms with Crippen molar-refractivity contribution in [2.24, 2.45) is 5.92 Å². The number of unbranched alkanes of at least 4 members (excludes halogenated alkanes) is 1. The van der Waals surface area contributed by atoms with Crippen molar-refractivity contribution >= 4 is 33.3 Å². The molecule has 0 saturated carbocycles. The molecule has 0 spiro atoms. The second-order valence-electron chi connectivity index (χ2n) is 5.04. The predicted octanol–water partition coefficient (Wildman–Crippen LogP) is 3.95. The van der Waals surface area contributed by atoms with Crippen molar-refractivity contribution < 1.29 is 9.59 Å². The summed E-state index contributed by atoms with van der Waals surface area (Å²) in [6, 6.07) is 3.63. The second-order valence-corrected chi connectivity index (χ2v) is 5.83. The van der Waals surface area contributed by atoms with Crippen LogP contribution >= 0.6 is 15.9 Å². The van der Waals surface area contributed by atoms with Gasteiger partial charge in [0.15, 0.2) is 5.78 Å². The Balaban J connectivity index is 2.27. The molecular formula is C15H18BrNO2. The van der Waals surface area contributed by atoms with Crippen LogP contribution in [0.3, 0.4) is 0 Å². The molecule has 1 aliphatic rings. The summed E-state index contributed by atoms with van der Waals surface area (Å²) in [7, 11) is 0. The van der Waals surface area contributed by atoms with Gasteiger partial charge >= 0.3 is 0 Å². The number of carbonyl (C=O) groups excluding carboxylic acids is 2. The summed E-state index contributed by atoms with van der Waals surface area (Å²) in [6.07, 6.45) is 3.92. The quantitative estimate of drug-likeness (QED) is 0.911. The summed E-state index contributed by atoms with van der Waals surface area (Å²) in [4.78, 5) is 23.4. The highest BCUT2D eigenvalue weighted by molar-refractivity contribution is 9.10. The van der Waals surface area contributed by atoms with E-state index in [9.17, 15) is 9.59 Å². The lowest BCUT2D eigenvalue weighted by Crippen LogP contribution is -2.08. The smallest absolute Gasteiger partial charge is 0.221 e. The van der Waals surface area contributed by atoms with Crippen molar-refractivity contribution in [2.75, 3.05) is 5.32 Å². The van der Waals surface area contributed by atoms with E-state index < -0.39 is 0 Å². The zero-order valence-corrected chi connectivity index (χ0v) is 12.8. The zero-order valence-electron chi connectivity index (χ0n) is 11.3. The van der Waals surface area contributed by atoms with Gasteiger partial charge in [0.1, 0.15) is 0 Å². The number of amides is 1. The van der Waals surface area contributed by atoms with Crippen LogP contribution < -0.4 is 5.32 Å². The number of carbonyl (C=O) groups is 2. The molecular weight excluding hydrogens is 306 g/mol. The lowest BCUT2D eigenvalue weighted by Gasteiger charge is -2.09. The SMILES string of the molecule is CCCCC1Cc2c(ccc(NC(C)=O)c2Br)C1=O. The molecule has 19 heavy (non-hydrogen) atoms. The Kier molecular flexibility index (Phi) is 4.40. The molecule has 1 unspecified atom stereocenters. The van der Waals surface area contributed by atoms with Gasteiger partial charge < -0.3 is 5.32 Å². The third kappa shape index (κ3) is 2.89. The molecule has 1 aromatic carbocycles. The maximum absolute atomic E-state index is 12.3. The number of halogens is 1. The van der Waals surface area contributed by atoms with Crippen LogP contribution in [0.1, 0.15) is 49.0 Å². The highest BCUT2D eigenvalue weighted by atomic mass is 79.9. The van der Waals surface area contributed by atoms with Gasteiger partial charge in [-0.3, -0.25) is 9.59 Å². The fraction of sp³-hybridized carbons (Fsp3) is 0.467. The third-order valence-corrected chi connectivity index (χ3v) is 4.45. The number of rotatable bonds is 4. The average Bonchev–Trinajstić information content (AvgIpc) is 2.68. The van der Waals surface area contributed by atoms with E-state index >= 15 is 0 Å². The van der Waals surface area contributed by atoms with Gasteiger partial charge in [0.05, 0.1) is 5.69 Å². The van der Waals surface area contributed by atoms with Crippen LogP contribution in [0.25, 0.3) is 0 Å². The van der Waals surface area contributed by atoms with E-state index in [1.165, 1.54) is 6.92 Å². The Hall–Kier alpha value is -1.16. The largest absolute Gasteiger partial charge is 0.325 e. The Morgan fingerprint density at radius 3 is 2.84 bits per heavy atom. The van der Waals surface area contributed by atoms with Crippen molar-refractivity contribution in [3.05, 3.63) is 27.7 Å². The van der Waals surface area contributed by atoms with Crippen LogP contribution in [0.15, 0.2) is 16.6 Å². The van der Waals surface area contributed by atoms with Gasteiger partial charge in [-0.05, 0) is 46.5 Å². The first-order valence-electron chi connectivity index (χ1n) is 6.67. The minimum Gasteiger partial charge on any atom is -0.325 e. The lowest BCUT2D eigenvalue weighted by molar-refractivity contribution is -0.114. The van der Waals surface area contributed by atoms with E-state index in [1.54, 1.807) is 6.07 Å². The molecule has 1 aromatic rings. The maximum Gasteiger partial charge on any atom is 0.221 e. The van der Waals surface area contributed by atoms with Crippen LogP contribution in [0, 0.1) is 5.92 Å². The highest BCUT2D eigenvalue weighted by Crippen LogP contribution is 2.38. The van der Waals surface area contributed by atoms with E-state index in [0.717, 1.165) is 47.0 Å². The lowest BCUT2D eigenvalue weighted by atomic mass is 9.98. The molecule has 0 saturated heterocycles. The Morgan fingerprint density at radius 1 is 1.47 bits per heavy atom. The number of hydrogen-bond acceptors (Lipinski definition) is 2. The molecule has 1 N–H and O–H groups in total. The van der Waals surface area contributed by atoms with Crippen LogP contribution in [-0.2, 0) is 11.2 Å². The standard InChI is InChI=1S/C15H18BrNO2/c1-3-4-5-10-8-12-11(15(10)19)6-7-13(14(12)16)17-9(2)18/h6-7,10H,3-5,8H2,1-2H3,(H,17,18). The first-order valence-corrected chi connectivity index (χ1v) is 7.47. The van der Waals surface area contributed by atoms with Gasteiger partial charge in [-0.1, -0.05) is 19.8 Å². The van der Waals surface area contributed by atoms with E-state index in [0.29, 0.717) is 0 Å². The molecule has 0 aromatic heterocycles. The van der Waals surface area contributed by atoms with E-state index in [-0.39, 0.29) is 17.6 Å². The number of anilines is 1. The Bertz CT molecular complexity index is 525. The highest BCUT2D eigenvalue weighted by Gasteiger charge is 2.32. The minimum atomic E-state index is -0.104. The first-order chi connectivity index (χ1) is 9.04. The monoisotopic (exact) mass is 323 g/mol. The average molecular weight is 324 g/mol. The summed E-state index contributed by atoms with van der Waals surface area (Å²) in [5.74, 6) is 0.254. The van der Waals surface area contributed by atoms with E-state index in [2.05, 4.69) is 28.2 Å². The van der Waals surface area contributed by atoms with Crippen molar-refractivity contribution in [3.63, 3.8) is 0 Å². The normalized spacial score (nSPS) is 17.4. The summed E-state index contributed by atoms with van der Waals surface area (Å²) >= 11 is 3.52. The molecule has 4 heteroatoms. The second kappa shape index (κ2) is 5.87. The zero-order chi connectivity index (χ0) is 14.0. The van der Waals surface area contributed by atoms with Gasteiger partial charge in [0, 0.05) is 22.9 Å². The van der Waals surface area contributed by atoms with Crippen molar-refractivity contribution in [3.8, 4) is 0 Å². The number of benzene rings is 1. The molecule has 0 fully saturated rings. The Morgan fingerprint density at radius 2 is 2.21 bits per heavy atom. The molecule has 3 nitrogen and oxygen atoms in total. The Labute approximate surface area is 121 Å². The summed E-state index contributed by atoms with van der Waals surface area (Å²) in [5, 5.41) is 2.78. The van der Waals surface area contributed by atoms with Crippen molar-refractivity contribution in [1.82, 2.24) is 0 Å². The predicted molar refractivity (Wildman–Crippen MR) is 79.5 cm³/mol. The van der Waals surface area contributed by atoms with Crippen LogP contribution in [-0.4, -0.2) is 11.7 Å². The molecule has 1 atom stereocenters. The third-order valence-electron chi connectivity index (χ3n) is 3.55. The molecule has 102 valence electrons. The fourth-order valence-corrected chi connectivity index (χ4v) is 3.19. The van der Waals surface area contributed by atoms with Crippen molar-refractivity contribution in [2.45, 2.75) is 39.5 Å². The van der Waals surface area contributed by atoms with Crippen LogP contribution in [0.2, 0.25) is 0 Å². The van der Waals surface area contributed by atoms with Gasteiger partial charge in [-0.15, -0.1) is 0 Å². The van der Waals surface area contributed by atoms with Crippen LogP contribution in [0.5, 0.6) is 0 Å². The molecule has 0 aliphatic heterocycles. The molecule has 0 bridgehead atoms. The summed E-state index contributed by atoms with van der Waals surface area (Å²) < 4.78 is 0.854. The van der Waals surface area contributed by atoms with E-state index in [1.807, 2.05) is 6.07 Å². The number of fused-ring (bicyclic) bond motifs is 1. The summed E-state index contributed by atoms with van der Waals surface area (Å²) in [6.45, 7) is 3.62. The van der Waals surface area contributed by atoms with Crippen LogP contribution in [0.4, 0.5) is 5.69 Å². The van der Waals surface area contributed by atoms with Gasteiger partial charge in [0.2, 0.25) is 5.91 Å². The molecule has 1 amide bonds. The molecule has 0 heterocycles. The van der Waals surface area contributed by atoms with Gasteiger partial charge in [-0.2, -0.15) is 0 Å². The number of ketones is 1. The molecule has 0 radical (unpaired) electrons. The summed E-state index contributed by atoms with van der Waals surface area (Å²) in [5.41, 5.74) is 2.59. The number of Topliss-reactive ketones (excluding diaryl/α,β-unsaturated/α-hetero) is 1. The topological polar surface area (TPSA) is 46.2 Å². The minimum absolute atomic E-state index is 0.104. The molecule has 1 aliphatic carbocycles. The number of hydrogen-bond donors (Lipinski definition) is 1. The maximum atomic E-state index is 12.3. The van der Waals surface area contributed by atoms with Gasteiger partial charge in [-0.25, -0.2) is 0 Å². The van der Waals surface area contributed by atoms with E-state index in [4.69, 9.17) is 0 Å². The fourth-order valence-electron chi connectivity index (χ4n) is 2.58. The first kappa shape index (κ1) is 14.3. The number of nitrogens with one attached hydrogen (secondary N) is 1. The van der Waals surface area contributed by atoms with Crippen molar-refractivity contribution in [1.29, 1.82) is 0 Å².